The lowest BCUT2D eigenvalue weighted by Gasteiger charge is -2.31. The summed E-state index contributed by atoms with van der Waals surface area (Å²) in [6.07, 6.45) is 1.19. The fourth-order valence-electron chi connectivity index (χ4n) is 2.89. The van der Waals surface area contributed by atoms with Gasteiger partial charge in [0.2, 0.25) is 5.91 Å². The number of carbonyl (C=O) groups excluding carboxylic acids is 1. The van der Waals surface area contributed by atoms with Crippen LogP contribution in [0.25, 0.3) is 11.0 Å². The van der Waals surface area contributed by atoms with Crippen LogP contribution in [0.4, 0.5) is 0 Å². The van der Waals surface area contributed by atoms with Crippen molar-refractivity contribution < 1.29 is 4.79 Å². The lowest BCUT2D eigenvalue weighted by atomic mass is 10.2. The smallest absolute Gasteiger partial charge is 0.223 e. The van der Waals surface area contributed by atoms with Crippen LogP contribution in [0.3, 0.4) is 0 Å². The summed E-state index contributed by atoms with van der Waals surface area (Å²) in [5, 5.41) is 3.35. The van der Waals surface area contributed by atoms with Crippen LogP contribution in [0.15, 0.2) is 18.2 Å². The van der Waals surface area contributed by atoms with Crippen LogP contribution in [-0.2, 0) is 11.2 Å². The zero-order chi connectivity index (χ0) is 14.8. The van der Waals surface area contributed by atoms with Gasteiger partial charge in [-0.1, -0.05) is 12.1 Å². The van der Waals surface area contributed by atoms with Gasteiger partial charge in [-0.25, -0.2) is 4.98 Å². The van der Waals surface area contributed by atoms with Gasteiger partial charge >= 0.3 is 0 Å². The van der Waals surface area contributed by atoms with Gasteiger partial charge in [-0.3, -0.25) is 4.79 Å². The molecule has 1 saturated heterocycles. The maximum atomic E-state index is 12.3. The van der Waals surface area contributed by atoms with Gasteiger partial charge in [0.05, 0.1) is 11.0 Å². The Kier molecular flexibility index (Phi) is 3.92. The number of carbonyl (C=O) groups is 1. The second-order valence-electron chi connectivity index (χ2n) is 5.85. The van der Waals surface area contributed by atoms with E-state index >= 15 is 0 Å². The Morgan fingerprint density at radius 1 is 1.48 bits per heavy atom. The van der Waals surface area contributed by atoms with Crippen molar-refractivity contribution >= 4 is 16.9 Å². The monoisotopic (exact) mass is 286 g/mol. The molecule has 0 saturated carbocycles. The number of aryl methyl sites for hydroxylation is 2. The molecule has 21 heavy (non-hydrogen) atoms. The molecule has 0 spiro atoms. The van der Waals surface area contributed by atoms with Crippen LogP contribution in [0.5, 0.6) is 0 Å². The highest BCUT2D eigenvalue weighted by Crippen LogP contribution is 2.16. The molecule has 2 aromatic rings. The van der Waals surface area contributed by atoms with E-state index in [4.69, 9.17) is 0 Å². The third-order valence-corrected chi connectivity index (χ3v) is 4.06. The maximum Gasteiger partial charge on any atom is 0.223 e. The average Bonchev–Trinajstić information content (AvgIpc) is 2.89. The zero-order valence-corrected chi connectivity index (χ0v) is 12.6. The average molecular weight is 286 g/mol. The minimum atomic E-state index is 0.223. The van der Waals surface area contributed by atoms with Crippen LogP contribution < -0.4 is 5.32 Å². The molecule has 0 radical (unpaired) electrons. The summed E-state index contributed by atoms with van der Waals surface area (Å²) >= 11 is 0. The summed E-state index contributed by atoms with van der Waals surface area (Å²) in [5.41, 5.74) is 3.22. The molecule has 1 aromatic heterocycles. The van der Waals surface area contributed by atoms with Gasteiger partial charge in [0.15, 0.2) is 0 Å². The van der Waals surface area contributed by atoms with Gasteiger partial charge in [0.1, 0.15) is 5.82 Å². The number of para-hydroxylation sites is 1. The second kappa shape index (κ2) is 5.85. The van der Waals surface area contributed by atoms with Crippen LogP contribution in [0.1, 0.15) is 24.7 Å². The number of imidazole rings is 1. The first-order chi connectivity index (χ1) is 10.1. The van der Waals surface area contributed by atoms with E-state index in [2.05, 4.69) is 35.2 Å². The first kappa shape index (κ1) is 14.1. The summed E-state index contributed by atoms with van der Waals surface area (Å²) in [6, 6.07) is 6.49. The normalized spacial score (nSPS) is 19.1. The molecular formula is C16H22N4O. The van der Waals surface area contributed by atoms with E-state index in [1.807, 2.05) is 17.0 Å². The lowest BCUT2D eigenvalue weighted by Crippen LogP contribution is -2.51. The Bertz CT molecular complexity index is 649. The fraction of sp³-hybridized carbons (Fsp3) is 0.500. The van der Waals surface area contributed by atoms with Gasteiger partial charge in [-0.15, -0.1) is 0 Å². The van der Waals surface area contributed by atoms with E-state index in [-0.39, 0.29) is 5.91 Å². The van der Waals surface area contributed by atoms with Crippen molar-refractivity contribution in [2.24, 2.45) is 0 Å². The number of nitrogens with one attached hydrogen (secondary N) is 2. The molecule has 2 N–H and O–H groups in total. The number of piperazine rings is 1. The lowest BCUT2D eigenvalue weighted by molar-refractivity contribution is -0.132. The van der Waals surface area contributed by atoms with Crippen LogP contribution in [0.2, 0.25) is 0 Å². The molecule has 1 fully saturated rings. The molecule has 3 rings (SSSR count). The Morgan fingerprint density at radius 3 is 3.10 bits per heavy atom. The van der Waals surface area contributed by atoms with E-state index in [1.165, 1.54) is 0 Å². The number of rotatable bonds is 3. The third-order valence-electron chi connectivity index (χ3n) is 4.06. The van der Waals surface area contributed by atoms with Crippen molar-refractivity contribution in [1.82, 2.24) is 20.2 Å². The van der Waals surface area contributed by atoms with Gasteiger partial charge in [-0.2, -0.15) is 0 Å². The number of aromatic amines is 1. The SMILES string of the molecule is Cc1cccc2[nH]c(CCC(=O)N3CCN[C@@H](C)C3)nc12. The largest absolute Gasteiger partial charge is 0.342 e. The van der Waals surface area contributed by atoms with E-state index in [1.54, 1.807) is 0 Å². The number of fused-ring (bicyclic) bond motifs is 1. The topological polar surface area (TPSA) is 61.0 Å². The molecule has 0 aliphatic carbocycles. The van der Waals surface area contributed by atoms with E-state index in [9.17, 15) is 4.79 Å². The van der Waals surface area contributed by atoms with Crippen LogP contribution >= 0.6 is 0 Å². The Hall–Kier alpha value is -1.88. The molecule has 1 atom stereocenters. The summed E-state index contributed by atoms with van der Waals surface area (Å²) in [4.78, 5) is 22.1. The summed E-state index contributed by atoms with van der Waals surface area (Å²) in [6.45, 7) is 6.67. The van der Waals surface area contributed by atoms with E-state index < -0.39 is 0 Å². The van der Waals surface area contributed by atoms with Crippen molar-refractivity contribution in [2.45, 2.75) is 32.7 Å². The van der Waals surface area contributed by atoms with E-state index in [0.29, 0.717) is 18.9 Å². The molecular weight excluding hydrogens is 264 g/mol. The first-order valence-corrected chi connectivity index (χ1v) is 7.59. The number of H-pyrrole nitrogens is 1. The third kappa shape index (κ3) is 3.08. The van der Waals surface area contributed by atoms with Gasteiger partial charge < -0.3 is 15.2 Å². The molecule has 1 amide bonds. The van der Waals surface area contributed by atoms with Crippen molar-refractivity contribution in [3.8, 4) is 0 Å². The number of benzene rings is 1. The predicted molar refractivity (Wildman–Crippen MR) is 83.2 cm³/mol. The Morgan fingerprint density at radius 2 is 2.33 bits per heavy atom. The maximum absolute atomic E-state index is 12.3. The van der Waals surface area contributed by atoms with Crippen molar-refractivity contribution in [2.75, 3.05) is 19.6 Å². The van der Waals surface area contributed by atoms with Crippen molar-refractivity contribution in [3.05, 3.63) is 29.6 Å². The van der Waals surface area contributed by atoms with Crippen LogP contribution in [-0.4, -0.2) is 46.5 Å². The predicted octanol–water partition coefficient (Wildman–Crippen LogP) is 1.62. The number of hydrogen-bond donors (Lipinski definition) is 2. The summed E-state index contributed by atoms with van der Waals surface area (Å²) in [5.74, 6) is 1.12. The van der Waals surface area contributed by atoms with Crippen LogP contribution in [0, 0.1) is 6.92 Å². The molecule has 0 unspecified atom stereocenters. The highest BCUT2D eigenvalue weighted by Gasteiger charge is 2.20. The highest BCUT2D eigenvalue weighted by atomic mass is 16.2. The molecule has 2 heterocycles. The molecule has 5 nitrogen and oxygen atoms in total. The number of hydrogen-bond acceptors (Lipinski definition) is 3. The molecule has 1 aliphatic rings. The summed E-state index contributed by atoms with van der Waals surface area (Å²) < 4.78 is 0. The second-order valence-corrected chi connectivity index (χ2v) is 5.85. The standard InChI is InChI=1S/C16H22N4O/c1-11-4-3-5-13-16(11)19-14(18-13)6-7-15(21)20-9-8-17-12(2)10-20/h3-5,12,17H,6-10H2,1-2H3,(H,18,19)/t12-/m0/s1. The van der Waals surface area contributed by atoms with Gasteiger partial charge in [0, 0.05) is 38.5 Å². The quantitative estimate of drug-likeness (QED) is 0.901. The number of nitrogens with zero attached hydrogens (tertiary/aromatic N) is 2. The summed E-state index contributed by atoms with van der Waals surface area (Å²) in [7, 11) is 0. The number of aromatic nitrogens is 2. The van der Waals surface area contributed by atoms with Crippen molar-refractivity contribution in [1.29, 1.82) is 0 Å². The van der Waals surface area contributed by atoms with Gasteiger partial charge in [0.25, 0.3) is 0 Å². The van der Waals surface area contributed by atoms with Crippen molar-refractivity contribution in [3.63, 3.8) is 0 Å². The molecule has 0 bridgehead atoms. The molecule has 1 aliphatic heterocycles. The minimum absolute atomic E-state index is 0.223. The first-order valence-electron chi connectivity index (χ1n) is 7.59. The number of amides is 1. The van der Waals surface area contributed by atoms with Gasteiger partial charge in [-0.05, 0) is 25.5 Å². The minimum Gasteiger partial charge on any atom is -0.342 e. The fourth-order valence-corrected chi connectivity index (χ4v) is 2.89. The highest BCUT2D eigenvalue weighted by molar-refractivity contribution is 5.79. The Balaban J connectivity index is 1.63. The molecule has 5 heteroatoms. The zero-order valence-electron chi connectivity index (χ0n) is 12.6. The molecule has 1 aromatic carbocycles. The van der Waals surface area contributed by atoms with E-state index in [0.717, 1.165) is 42.1 Å². The Labute approximate surface area is 124 Å². The molecule has 112 valence electrons.